The molecule has 0 atom stereocenters. The van der Waals surface area contributed by atoms with E-state index in [1.165, 1.54) is 11.8 Å². The number of methoxy groups -OCH3 is 1. The van der Waals surface area contributed by atoms with Gasteiger partial charge in [0.2, 0.25) is 0 Å². The number of hydrazone groups is 1. The maximum absolute atomic E-state index is 11.4. The number of anilines is 1. The Balaban J connectivity index is 1.62. The van der Waals surface area contributed by atoms with E-state index in [1.54, 1.807) is 19.4 Å². The number of nitrogens with one attached hydrogen (secondary N) is 2. The van der Waals surface area contributed by atoms with Crippen LogP contribution in [-0.4, -0.2) is 30.1 Å². The van der Waals surface area contributed by atoms with E-state index in [2.05, 4.69) is 32.9 Å². The van der Waals surface area contributed by atoms with Gasteiger partial charge in [-0.05, 0) is 29.3 Å². The molecular formula is C20H19ClN4O3. The minimum Gasteiger partial charge on any atom is -0.493 e. The Bertz CT molecular complexity index is 1010. The zero-order valence-corrected chi connectivity index (χ0v) is 15.9. The van der Waals surface area contributed by atoms with Gasteiger partial charge in [-0.15, -0.1) is 0 Å². The van der Waals surface area contributed by atoms with Gasteiger partial charge in [-0.2, -0.15) is 10.2 Å². The van der Waals surface area contributed by atoms with Crippen LogP contribution in [0.5, 0.6) is 11.5 Å². The van der Waals surface area contributed by atoms with Crippen LogP contribution in [0.15, 0.2) is 64.6 Å². The van der Waals surface area contributed by atoms with E-state index >= 15 is 0 Å². The van der Waals surface area contributed by atoms with E-state index in [-0.39, 0.29) is 5.02 Å². The molecule has 0 unspecified atom stereocenters. The molecule has 1 heterocycles. The molecule has 3 rings (SSSR count). The number of hydrogen-bond acceptors (Lipinski definition) is 6. The van der Waals surface area contributed by atoms with Crippen molar-refractivity contribution in [2.24, 2.45) is 5.10 Å². The average Bonchev–Trinajstić information content (AvgIpc) is 2.72. The maximum Gasteiger partial charge on any atom is 0.285 e. The topological polar surface area (TPSA) is 88.6 Å². The average molecular weight is 399 g/mol. The molecule has 0 radical (unpaired) electrons. The second-order valence-corrected chi connectivity index (χ2v) is 6.17. The van der Waals surface area contributed by atoms with Crippen molar-refractivity contribution in [3.8, 4) is 11.5 Å². The van der Waals surface area contributed by atoms with Crippen molar-refractivity contribution < 1.29 is 9.47 Å². The van der Waals surface area contributed by atoms with E-state index in [1.807, 2.05) is 30.3 Å². The Morgan fingerprint density at radius 3 is 2.82 bits per heavy atom. The summed E-state index contributed by atoms with van der Waals surface area (Å²) in [4.78, 5) is 11.4. The number of aromatic nitrogens is 2. The van der Waals surface area contributed by atoms with E-state index in [4.69, 9.17) is 21.1 Å². The molecule has 0 saturated heterocycles. The van der Waals surface area contributed by atoms with Crippen molar-refractivity contribution in [2.45, 2.75) is 6.42 Å². The van der Waals surface area contributed by atoms with Crippen molar-refractivity contribution in [2.75, 3.05) is 19.1 Å². The van der Waals surface area contributed by atoms with Gasteiger partial charge in [0.15, 0.2) is 11.5 Å². The second-order valence-electron chi connectivity index (χ2n) is 5.79. The highest BCUT2D eigenvalue weighted by molar-refractivity contribution is 6.32. The molecular weight excluding hydrogens is 380 g/mol. The van der Waals surface area contributed by atoms with Crippen molar-refractivity contribution in [1.82, 2.24) is 10.2 Å². The summed E-state index contributed by atoms with van der Waals surface area (Å²) in [5.41, 5.74) is 4.52. The first-order valence-electron chi connectivity index (χ1n) is 8.54. The Morgan fingerprint density at radius 2 is 2.04 bits per heavy atom. The molecule has 144 valence electrons. The Morgan fingerprint density at radius 1 is 1.21 bits per heavy atom. The number of aromatic amines is 1. The lowest BCUT2D eigenvalue weighted by molar-refractivity contribution is 0.297. The van der Waals surface area contributed by atoms with Crippen molar-refractivity contribution in [1.29, 1.82) is 0 Å². The van der Waals surface area contributed by atoms with Gasteiger partial charge in [0.1, 0.15) is 10.7 Å². The minimum atomic E-state index is -0.486. The van der Waals surface area contributed by atoms with Crippen LogP contribution in [0.2, 0.25) is 5.02 Å². The number of halogens is 1. The summed E-state index contributed by atoms with van der Waals surface area (Å²) >= 11 is 5.88. The summed E-state index contributed by atoms with van der Waals surface area (Å²) < 4.78 is 11.2. The summed E-state index contributed by atoms with van der Waals surface area (Å²) in [6.07, 6.45) is 3.77. The molecule has 0 fully saturated rings. The van der Waals surface area contributed by atoms with Crippen LogP contribution in [0.4, 0.5) is 5.69 Å². The Labute approximate surface area is 167 Å². The normalized spacial score (nSPS) is 10.8. The maximum atomic E-state index is 11.4. The van der Waals surface area contributed by atoms with E-state index in [0.29, 0.717) is 23.8 Å². The van der Waals surface area contributed by atoms with Gasteiger partial charge in [0.05, 0.1) is 26.1 Å². The molecule has 0 saturated carbocycles. The SMILES string of the molecule is COc1cc(C=NNc2cn[nH]c(=O)c2Cl)ccc1OCCc1ccccc1. The van der Waals surface area contributed by atoms with Crippen LogP contribution < -0.4 is 20.5 Å². The molecule has 0 aliphatic rings. The Hall–Kier alpha value is -3.32. The number of rotatable bonds is 8. The first-order valence-corrected chi connectivity index (χ1v) is 8.92. The zero-order valence-electron chi connectivity index (χ0n) is 15.2. The van der Waals surface area contributed by atoms with Gasteiger partial charge in [-0.3, -0.25) is 10.2 Å². The van der Waals surface area contributed by atoms with Crippen LogP contribution in [0, 0.1) is 0 Å². The molecule has 3 aromatic rings. The molecule has 0 spiro atoms. The smallest absolute Gasteiger partial charge is 0.285 e. The number of nitrogens with zero attached hydrogens (tertiary/aromatic N) is 2. The fourth-order valence-electron chi connectivity index (χ4n) is 2.45. The van der Waals surface area contributed by atoms with Crippen LogP contribution in [-0.2, 0) is 6.42 Å². The van der Waals surface area contributed by atoms with Crippen LogP contribution in [0.1, 0.15) is 11.1 Å². The summed E-state index contributed by atoms with van der Waals surface area (Å²) in [7, 11) is 1.58. The first-order chi connectivity index (χ1) is 13.7. The van der Waals surface area contributed by atoms with Gasteiger partial charge >= 0.3 is 0 Å². The molecule has 1 aromatic heterocycles. The summed E-state index contributed by atoms with van der Waals surface area (Å²) in [6, 6.07) is 15.6. The molecule has 28 heavy (non-hydrogen) atoms. The summed E-state index contributed by atoms with van der Waals surface area (Å²) in [6.45, 7) is 0.545. The standard InChI is InChI=1S/C20H19ClN4O3/c1-27-18-11-15(12-22-24-16-13-23-25-20(26)19(16)21)7-8-17(18)28-10-9-14-5-3-2-4-6-14/h2-8,11-13H,9-10H2,1H3,(H2,24,25,26). The zero-order chi connectivity index (χ0) is 19.8. The third-order valence-corrected chi connectivity index (χ3v) is 4.25. The lowest BCUT2D eigenvalue weighted by Gasteiger charge is -2.11. The van der Waals surface area contributed by atoms with Gasteiger partial charge in [-0.1, -0.05) is 41.9 Å². The lowest BCUT2D eigenvalue weighted by atomic mass is 10.2. The number of hydrogen-bond donors (Lipinski definition) is 2. The fourth-order valence-corrected chi connectivity index (χ4v) is 2.58. The monoisotopic (exact) mass is 398 g/mol. The van der Waals surface area contributed by atoms with Crippen molar-refractivity contribution in [3.05, 3.63) is 81.2 Å². The number of benzene rings is 2. The van der Waals surface area contributed by atoms with Crippen LogP contribution in [0.25, 0.3) is 0 Å². The van der Waals surface area contributed by atoms with Gasteiger partial charge in [0.25, 0.3) is 5.56 Å². The second kappa shape index (κ2) is 9.57. The predicted molar refractivity (Wildman–Crippen MR) is 110 cm³/mol. The van der Waals surface area contributed by atoms with E-state index in [0.717, 1.165) is 12.0 Å². The van der Waals surface area contributed by atoms with Crippen LogP contribution >= 0.6 is 11.6 Å². The van der Waals surface area contributed by atoms with Crippen LogP contribution in [0.3, 0.4) is 0 Å². The van der Waals surface area contributed by atoms with E-state index in [9.17, 15) is 4.79 Å². The highest BCUT2D eigenvalue weighted by atomic mass is 35.5. The Kier molecular flexibility index (Phi) is 6.64. The predicted octanol–water partition coefficient (Wildman–Crippen LogP) is 3.50. The summed E-state index contributed by atoms with van der Waals surface area (Å²) in [5, 5.41) is 9.97. The van der Waals surface area contributed by atoms with Crippen molar-refractivity contribution >= 4 is 23.5 Å². The third kappa shape index (κ3) is 5.11. The molecule has 0 aliphatic heterocycles. The van der Waals surface area contributed by atoms with Gasteiger partial charge in [-0.25, -0.2) is 5.10 Å². The van der Waals surface area contributed by atoms with E-state index < -0.39 is 5.56 Å². The minimum absolute atomic E-state index is 0.00751. The fraction of sp³-hybridized carbons (Fsp3) is 0.150. The molecule has 8 heteroatoms. The number of ether oxygens (including phenoxy) is 2. The molecule has 0 bridgehead atoms. The molecule has 0 amide bonds. The van der Waals surface area contributed by atoms with Crippen molar-refractivity contribution in [3.63, 3.8) is 0 Å². The highest BCUT2D eigenvalue weighted by Crippen LogP contribution is 2.27. The highest BCUT2D eigenvalue weighted by Gasteiger charge is 2.06. The number of H-pyrrole nitrogens is 1. The molecule has 2 aromatic carbocycles. The molecule has 7 nitrogen and oxygen atoms in total. The van der Waals surface area contributed by atoms with Gasteiger partial charge in [0, 0.05) is 6.42 Å². The largest absolute Gasteiger partial charge is 0.493 e. The van der Waals surface area contributed by atoms with Gasteiger partial charge < -0.3 is 9.47 Å². The lowest BCUT2D eigenvalue weighted by Crippen LogP contribution is -2.10. The quantitative estimate of drug-likeness (QED) is 0.448. The first kappa shape index (κ1) is 19.4. The third-order valence-electron chi connectivity index (χ3n) is 3.87. The molecule has 2 N–H and O–H groups in total. The molecule has 0 aliphatic carbocycles. The summed E-state index contributed by atoms with van der Waals surface area (Å²) in [5.74, 6) is 1.26.